The van der Waals surface area contributed by atoms with Gasteiger partial charge in [0.1, 0.15) is 11.4 Å². The Morgan fingerprint density at radius 2 is 1.68 bits per heavy atom. The number of benzene rings is 2. The molecule has 0 saturated heterocycles. The summed E-state index contributed by atoms with van der Waals surface area (Å²) in [5.74, 6) is -1.55. The zero-order valence-corrected chi connectivity index (χ0v) is 18.4. The molecule has 9 heteroatoms. The number of hydrogen-bond donors (Lipinski definition) is 2. The van der Waals surface area contributed by atoms with E-state index in [0.29, 0.717) is 5.69 Å². The third-order valence-electron chi connectivity index (χ3n) is 4.81. The van der Waals surface area contributed by atoms with Crippen molar-refractivity contribution < 1.29 is 18.7 Å². The van der Waals surface area contributed by atoms with Crippen molar-refractivity contribution in [1.29, 1.82) is 0 Å². The summed E-state index contributed by atoms with van der Waals surface area (Å²) in [6.07, 6.45) is 2.88. The minimum atomic E-state index is -0.703. The Hall–Kier alpha value is -4.66. The zero-order valence-electron chi connectivity index (χ0n) is 18.4. The molecule has 0 spiro atoms. The summed E-state index contributed by atoms with van der Waals surface area (Å²) in [5, 5.41) is 5.04. The van der Waals surface area contributed by atoms with Crippen LogP contribution in [0.5, 0.6) is 11.5 Å². The molecule has 0 saturated carbocycles. The van der Waals surface area contributed by atoms with Crippen molar-refractivity contribution in [1.82, 2.24) is 20.3 Å². The Morgan fingerprint density at radius 3 is 2.41 bits per heavy atom. The van der Waals surface area contributed by atoms with Crippen LogP contribution >= 0.6 is 0 Å². The van der Waals surface area contributed by atoms with Gasteiger partial charge in [0.25, 0.3) is 11.8 Å². The second-order valence-electron chi connectivity index (χ2n) is 7.29. The van der Waals surface area contributed by atoms with Crippen LogP contribution in [0.2, 0.25) is 0 Å². The Morgan fingerprint density at radius 1 is 0.912 bits per heavy atom. The van der Waals surface area contributed by atoms with Gasteiger partial charge >= 0.3 is 0 Å². The molecular weight excluding hydrogens is 437 g/mol. The molecule has 0 aliphatic carbocycles. The number of aromatic nitrogens is 3. The van der Waals surface area contributed by atoms with E-state index >= 15 is 0 Å². The van der Waals surface area contributed by atoms with Gasteiger partial charge in [-0.05, 0) is 31.2 Å². The standard InChI is InChI=1S/C25H20FN5O3/c1-15-3-5-16(6-4-15)20-10-12-29-23(31-20)25(33)30-17-7-8-22(19(26)13-17)34-18-9-11-28-21(14-18)24(32)27-2/h3-14H,1-2H3,(H,27,32)(H,30,33). The maximum Gasteiger partial charge on any atom is 0.293 e. The number of rotatable bonds is 6. The lowest BCUT2D eigenvalue weighted by atomic mass is 10.1. The van der Waals surface area contributed by atoms with Crippen LogP contribution in [0.1, 0.15) is 26.7 Å². The molecule has 0 fully saturated rings. The van der Waals surface area contributed by atoms with E-state index in [0.717, 1.165) is 17.2 Å². The number of nitrogens with one attached hydrogen (secondary N) is 2. The molecule has 4 aromatic rings. The first-order chi connectivity index (χ1) is 16.4. The predicted molar refractivity (Wildman–Crippen MR) is 124 cm³/mol. The molecule has 2 aromatic carbocycles. The van der Waals surface area contributed by atoms with Gasteiger partial charge in [-0.15, -0.1) is 0 Å². The monoisotopic (exact) mass is 457 g/mol. The van der Waals surface area contributed by atoms with Crippen molar-refractivity contribution in [2.45, 2.75) is 6.92 Å². The average Bonchev–Trinajstić information content (AvgIpc) is 2.86. The summed E-state index contributed by atoms with van der Waals surface area (Å²) in [6, 6.07) is 16.3. The van der Waals surface area contributed by atoms with E-state index in [1.807, 2.05) is 31.2 Å². The first-order valence-corrected chi connectivity index (χ1v) is 10.3. The van der Waals surface area contributed by atoms with Crippen LogP contribution in [-0.4, -0.2) is 33.8 Å². The minimum Gasteiger partial charge on any atom is -0.454 e. The molecule has 8 nitrogen and oxygen atoms in total. The summed E-state index contributed by atoms with van der Waals surface area (Å²) < 4.78 is 20.2. The second-order valence-corrected chi connectivity index (χ2v) is 7.29. The fourth-order valence-electron chi connectivity index (χ4n) is 3.06. The summed E-state index contributed by atoms with van der Waals surface area (Å²) in [7, 11) is 1.48. The van der Waals surface area contributed by atoms with Crippen molar-refractivity contribution in [3.05, 3.63) is 96.0 Å². The number of anilines is 1. The smallest absolute Gasteiger partial charge is 0.293 e. The lowest BCUT2D eigenvalue weighted by Crippen LogP contribution is -2.18. The maximum atomic E-state index is 14.6. The zero-order chi connectivity index (χ0) is 24.1. The first-order valence-electron chi connectivity index (χ1n) is 10.3. The molecule has 0 aliphatic rings. The highest BCUT2D eigenvalue weighted by Gasteiger charge is 2.14. The number of aryl methyl sites for hydroxylation is 1. The average molecular weight is 457 g/mol. The topological polar surface area (TPSA) is 106 Å². The molecule has 170 valence electrons. The van der Waals surface area contributed by atoms with Crippen LogP contribution in [0.25, 0.3) is 11.3 Å². The van der Waals surface area contributed by atoms with Gasteiger partial charge in [0.2, 0.25) is 5.82 Å². The van der Waals surface area contributed by atoms with Crippen molar-refractivity contribution in [3.63, 3.8) is 0 Å². The van der Waals surface area contributed by atoms with E-state index in [9.17, 15) is 14.0 Å². The number of ether oxygens (including phenoxy) is 1. The molecule has 2 N–H and O–H groups in total. The van der Waals surface area contributed by atoms with Gasteiger partial charge in [-0.25, -0.2) is 14.4 Å². The Bertz CT molecular complexity index is 1360. The highest BCUT2D eigenvalue weighted by molar-refractivity contribution is 6.01. The van der Waals surface area contributed by atoms with Crippen molar-refractivity contribution in [2.75, 3.05) is 12.4 Å². The Labute approximate surface area is 194 Å². The van der Waals surface area contributed by atoms with E-state index in [2.05, 4.69) is 25.6 Å². The second kappa shape index (κ2) is 9.86. The van der Waals surface area contributed by atoms with Gasteiger partial charge < -0.3 is 15.4 Å². The van der Waals surface area contributed by atoms with Crippen molar-refractivity contribution in [2.24, 2.45) is 0 Å². The quantitative estimate of drug-likeness (QED) is 0.445. The Balaban J connectivity index is 1.48. The summed E-state index contributed by atoms with van der Waals surface area (Å²) in [6.45, 7) is 1.98. The molecule has 0 bridgehead atoms. The SMILES string of the molecule is CNC(=O)c1cc(Oc2ccc(NC(=O)c3nccc(-c4ccc(C)cc4)n3)cc2F)ccn1. The van der Waals surface area contributed by atoms with Crippen LogP contribution in [0, 0.1) is 12.7 Å². The highest BCUT2D eigenvalue weighted by Crippen LogP contribution is 2.27. The van der Waals surface area contributed by atoms with E-state index in [4.69, 9.17) is 4.74 Å². The van der Waals surface area contributed by atoms with Gasteiger partial charge in [0.15, 0.2) is 11.6 Å². The minimum absolute atomic E-state index is 0.0441. The summed E-state index contributed by atoms with van der Waals surface area (Å²) in [4.78, 5) is 36.6. The molecule has 0 unspecified atom stereocenters. The summed E-state index contributed by atoms with van der Waals surface area (Å²) in [5.41, 5.74) is 2.91. The van der Waals surface area contributed by atoms with Crippen LogP contribution < -0.4 is 15.4 Å². The lowest BCUT2D eigenvalue weighted by molar-refractivity contribution is 0.0956. The number of pyridine rings is 1. The Kier molecular flexibility index (Phi) is 6.54. The third-order valence-corrected chi connectivity index (χ3v) is 4.81. The van der Waals surface area contributed by atoms with E-state index in [1.165, 1.54) is 43.7 Å². The van der Waals surface area contributed by atoms with Crippen molar-refractivity contribution >= 4 is 17.5 Å². The van der Waals surface area contributed by atoms with Crippen LogP contribution in [0.4, 0.5) is 10.1 Å². The predicted octanol–water partition coefficient (Wildman–Crippen LogP) is 4.39. The van der Waals surface area contributed by atoms with E-state index in [-0.39, 0.29) is 28.7 Å². The number of amides is 2. The fourth-order valence-corrected chi connectivity index (χ4v) is 3.06. The third kappa shape index (κ3) is 5.21. The molecule has 2 heterocycles. The molecule has 2 aromatic heterocycles. The number of nitrogens with zero attached hydrogens (tertiary/aromatic N) is 3. The van der Waals surface area contributed by atoms with Gasteiger partial charge in [0.05, 0.1) is 5.69 Å². The largest absolute Gasteiger partial charge is 0.454 e. The van der Waals surface area contributed by atoms with E-state index in [1.54, 1.807) is 6.07 Å². The fraction of sp³-hybridized carbons (Fsp3) is 0.0800. The van der Waals surface area contributed by atoms with Crippen LogP contribution in [0.15, 0.2) is 73.1 Å². The first kappa shape index (κ1) is 22.5. The lowest BCUT2D eigenvalue weighted by Gasteiger charge is -2.10. The van der Waals surface area contributed by atoms with Gasteiger partial charge in [-0.3, -0.25) is 14.6 Å². The van der Waals surface area contributed by atoms with Crippen LogP contribution in [0.3, 0.4) is 0 Å². The van der Waals surface area contributed by atoms with E-state index < -0.39 is 17.6 Å². The maximum absolute atomic E-state index is 14.6. The van der Waals surface area contributed by atoms with Gasteiger partial charge in [0, 0.05) is 42.8 Å². The number of carbonyl (C=O) groups excluding carboxylic acids is 2. The summed E-state index contributed by atoms with van der Waals surface area (Å²) >= 11 is 0. The molecule has 0 aliphatic heterocycles. The van der Waals surface area contributed by atoms with Crippen LogP contribution in [-0.2, 0) is 0 Å². The number of halogens is 1. The molecule has 34 heavy (non-hydrogen) atoms. The van der Waals surface area contributed by atoms with Gasteiger partial charge in [-0.1, -0.05) is 29.8 Å². The van der Waals surface area contributed by atoms with Crippen molar-refractivity contribution in [3.8, 4) is 22.8 Å². The molecular formula is C25H20FN5O3. The molecule has 4 rings (SSSR count). The number of hydrogen-bond acceptors (Lipinski definition) is 6. The highest BCUT2D eigenvalue weighted by atomic mass is 19.1. The molecule has 0 atom stereocenters. The molecule has 2 amide bonds. The normalized spacial score (nSPS) is 10.4. The molecule has 0 radical (unpaired) electrons. The van der Waals surface area contributed by atoms with Gasteiger partial charge in [-0.2, -0.15) is 0 Å². The number of carbonyl (C=O) groups is 2.